The van der Waals surface area contributed by atoms with Crippen molar-refractivity contribution < 1.29 is 19.0 Å². The van der Waals surface area contributed by atoms with Crippen LogP contribution in [-0.2, 0) is 0 Å². The van der Waals surface area contributed by atoms with Crippen LogP contribution in [-0.4, -0.2) is 17.8 Å². The number of urea groups is 1. The number of ether oxygens (including phenoxy) is 3. The Morgan fingerprint density at radius 3 is 2.18 bits per heavy atom. The first-order chi connectivity index (χ1) is 18.5. The highest BCUT2D eigenvalue weighted by molar-refractivity contribution is 6.30. The first-order valence-electron chi connectivity index (χ1n) is 11.8. The zero-order valence-corrected chi connectivity index (χ0v) is 21.4. The zero-order chi connectivity index (χ0) is 26.1. The number of amides is 2. The number of carbonyl (C=O) groups excluding carboxylic acids is 1. The average molecular weight is 546 g/mol. The molecule has 2 N–H and O–H groups in total. The van der Waals surface area contributed by atoms with Crippen molar-refractivity contribution in [2.75, 3.05) is 12.1 Å². The van der Waals surface area contributed by atoms with Gasteiger partial charge in [0, 0.05) is 15.7 Å². The number of fused-ring (bicyclic) bond motifs is 1. The standard InChI is InChI=1S/C29H21Cl2N3O4/c30-20-4-1-18(2-5-20)25-16-26(19-3-14-27-28(15-19)37-17-36-27)34(33-25)29(35)32-22-8-12-24(13-9-22)38-23-10-6-21(31)7-11-23/h1-16,26,33H,17H2,(H,32,35). The third-order valence-corrected chi connectivity index (χ3v) is 6.61. The fraction of sp³-hybridized carbons (Fsp3) is 0.0690. The van der Waals surface area contributed by atoms with Crippen LogP contribution in [0.1, 0.15) is 17.2 Å². The van der Waals surface area contributed by atoms with Crippen molar-refractivity contribution in [2.45, 2.75) is 6.04 Å². The summed E-state index contributed by atoms with van der Waals surface area (Å²) >= 11 is 12.0. The Morgan fingerprint density at radius 1 is 0.842 bits per heavy atom. The molecule has 0 spiro atoms. The van der Waals surface area contributed by atoms with Gasteiger partial charge in [0.15, 0.2) is 11.5 Å². The molecule has 1 atom stereocenters. The predicted molar refractivity (Wildman–Crippen MR) is 147 cm³/mol. The van der Waals surface area contributed by atoms with Crippen molar-refractivity contribution in [3.8, 4) is 23.0 Å². The molecule has 0 saturated heterocycles. The van der Waals surface area contributed by atoms with Gasteiger partial charge in [-0.05, 0) is 90.0 Å². The van der Waals surface area contributed by atoms with Gasteiger partial charge in [0.2, 0.25) is 6.79 Å². The molecule has 6 rings (SSSR count). The maximum absolute atomic E-state index is 13.5. The highest BCUT2D eigenvalue weighted by Crippen LogP contribution is 2.38. The number of hydrogen-bond donors (Lipinski definition) is 2. The fourth-order valence-corrected chi connectivity index (χ4v) is 4.46. The van der Waals surface area contributed by atoms with E-state index in [0.29, 0.717) is 38.7 Å². The van der Waals surface area contributed by atoms with E-state index in [0.717, 1.165) is 16.8 Å². The Kier molecular flexibility index (Phi) is 6.45. The summed E-state index contributed by atoms with van der Waals surface area (Å²) in [6, 6.07) is 26.6. The highest BCUT2D eigenvalue weighted by atomic mass is 35.5. The number of benzene rings is 4. The fourth-order valence-electron chi connectivity index (χ4n) is 4.21. The zero-order valence-electron chi connectivity index (χ0n) is 19.9. The van der Waals surface area contributed by atoms with E-state index in [9.17, 15) is 4.79 Å². The van der Waals surface area contributed by atoms with Gasteiger partial charge >= 0.3 is 6.03 Å². The van der Waals surface area contributed by atoms with Crippen molar-refractivity contribution >= 4 is 40.6 Å². The summed E-state index contributed by atoms with van der Waals surface area (Å²) in [7, 11) is 0. The van der Waals surface area contributed by atoms with Crippen LogP contribution in [0.15, 0.2) is 97.1 Å². The number of rotatable bonds is 5. The largest absolute Gasteiger partial charge is 0.457 e. The van der Waals surface area contributed by atoms with Gasteiger partial charge < -0.3 is 19.5 Å². The Labute approximate surface area is 229 Å². The monoisotopic (exact) mass is 545 g/mol. The molecule has 0 saturated carbocycles. The summed E-state index contributed by atoms with van der Waals surface area (Å²) in [6.45, 7) is 0.176. The lowest BCUT2D eigenvalue weighted by Crippen LogP contribution is -2.42. The number of carbonyl (C=O) groups is 1. The lowest BCUT2D eigenvalue weighted by molar-refractivity contribution is 0.173. The van der Waals surface area contributed by atoms with Gasteiger partial charge in [0.1, 0.15) is 17.5 Å². The molecule has 9 heteroatoms. The molecule has 2 heterocycles. The maximum atomic E-state index is 13.5. The van der Waals surface area contributed by atoms with Crippen LogP contribution in [0.3, 0.4) is 0 Å². The van der Waals surface area contributed by atoms with Gasteiger partial charge in [0.05, 0.1) is 5.70 Å². The van der Waals surface area contributed by atoms with Crippen molar-refractivity contribution in [2.24, 2.45) is 0 Å². The molecule has 1 unspecified atom stereocenters. The topological polar surface area (TPSA) is 72.1 Å². The number of halogens is 2. The van der Waals surface area contributed by atoms with E-state index in [2.05, 4.69) is 10.7 Å². The highest BCUT2D eigenvalue weighted by Gasteiger charge is 2.32. The molecule has 2 aliphatic rings. The Balaban J connectivity index is 1.22. The molecular formula is C29H21Cl2N3O4. The van der Waals surface area contributed by atoms with E-state index in [1.165, 1.54) is 0 Å². The molecule has 0 aliphatic carbocycles. The molecule has 0 radical (unpaired) electrons. The van der Waals surface area contributed by atoms with Crippen LogP contribution < -0.4 is 25.0 Å². The second-order valence-electron chi connectivity index (χ2n) is 8.64. The van der Waals surface area contributed by atoms with Crippen LogP contribution >= 0.6 is 23.2 Å². The molecule has 0 fully saturated rings. The minimum atomic E-state index is -0.400. The summed E-state index contributed by atoms with van der Waals surface area (Å²) in [4.78, 5) is 13.5. The number of nitrogens with one attached hydrogen (secondary N) is 2. The Hall–Kier alpha value is -4.33. The molecule has 4 aromatic carbocycles. The first kappa shape index (κ1) is 24.0. The molecule has 0 aromatic heterocycles. The molecule has 7 nitrogen and oxygen atoms in total. The van der Waals surface area contributed by atoms with Crippen molar-refractivity contribution in [1.82, 2.24) is 10.4 Å². The van der Waals surface area contributed by atoms with Gasteiger partial charge in [-0.25, -0.2) is 9.80 Å². The van der Waals surface area contributed by atoms with E-state index in [1.807, 2.05) is 48.5 Å². The summed E-state index contributed by atoms with van der Waals surface area (Å²) in [5.41, 5.74) is 6.41. The van der Waals surface area contributed by atoms with Crippen LogP contribution in [0.4, 0.5) is 10.5 Å². The lowest BCUT2D eigenvalue weighted by atomic mass is 10.0. The molecule has 38 heavy (non-hydrogen) atoms. The number of anilines is 1. The quantitative estimate of drug-likeness (QED) is 0.269. The number of hydrazine groups is 1. The molecule has 190 valence electrons. The molecule has 2 amide bonds. The second-order valence-corrected chi connectivity index (χ2v) is 9.51. The van der Waals surface area contributed by atoms with Gasteiger partial charge in [-0.1, -0.05) is 41.4 Å². The summed E-state index contributed by atoms with van der Waals surface area (Å²) in [6.07, 6.45) is 1.99. The Bertz CT molecular complexity index is 1510. The summed E-state index contributed by atoms with van der Waals surface area (Å²) < 4.78 is 16.8. The van der Waals surface area contributed by atoms with Crippen molar-refractivity contribution in [3.05, 3.63) is 118 Å². The van der Waals surface area contributed by atoms with E-state index in [4.69, 9.17) is 37.4 Å². The summed E-state index contributed by atoms with van der Waals surface area (Å²) in [5.74, 6) is 2.63. The van der Waals surface area contributed by atoms with E-state index < -0.39 is 6.04 Å². The third-order valence-electron chi connectivity index (χ3n) is 6.11. The predicted octanol–water partition coefficient (Wildman–Crippen LogP) is 7.65. The van der Waals surface area contributed by atoms with E-state index in [1.54, 1.807) is 53.5 Å². The minimum absolute atomic E-state index is 0.176. The first-order valence-corrected chi connectivity index (χ1v) is 12.6. The number of nitrogens with zero attached hydrogens (tertiary/aromatic N) is 1. The molecule has 4 aromatic rings. The lowest BCUT2D eigenvalue weighted by Gasteiger charge is -2.26. The van der Waals surface area contributed by atoms with E-state index >= 15 is 0 Å². The minimum Gasteiger partial charge on any atom is -0.457 e. The molecular weight excluding hydrogens is 525 g/mol. The van der Waals surface area contributed by atoms with Gasteiger partial charge in [-0.3, -0.25) is 5.43 Å². The molecule has 2 aliphatic heterocycles. The summed E-state index contributed by atoms with van der Waals surface area (Å²) in [5, 5.41) is 5.77. The van der Waals surface area contributed by atoms with Gasteiger partial charge in [-0.15, -0.1) is 0 Å². The van der Waals surface area contributed by atoms with Crippen LogP contribution in [0.25, 0.3) is 5.70 Å². The third kappa shape index (κ3) is 5.07. The van der Waals surface area contributed by atoms with Crippen LogP contribution in [0, 0.1) is 0 Å². The van der Waals surface area contributed by atoms with Crippen molar-refractivity contribution in [3.63, 3.8) is 0 Å². The number of hydrogen-bond acceptors (Lipinski definition) is 5. The second kappa shape index (κ2) is 10.2. The van der Waals surface area contributed by atoms with Gasteiger partial charge in [0.25, 0.3) is 0 Å². The normalized spacial score (nSPS) is 15.6. The van der Waals surface area contributed by atoms with Crippen molar-refractivity contribution in [1.29, 1.82) is 0 Å². The van der Waals surface area contributed by atoms with Crippen LogP contribution in [0.2, 0.25) is 10.0 Å². The SMILES string of the molecule is O=C(Nc1ccc(Oc2ccc(Cl)cc2)cc1)N1NC(c2ccc(Cl)cc2)=CC1c1ccc2c(c1)OCO2. The molecule has 0 bridgehead atoms. The Morgan fingerprint density at radius 2 is 1.47 bits per heavy atom. The van der Waals surface area contributed by atoms with Gasteiger partial charge in [-0.2, -0.15) is 0 Å². The average Bonchev–Trinajstić information content (AvgIpc) is 3.59. The van der Waals surface area contributed by atoms with E-state index in [-0.39, 0.29) is 12.8 Å². The maximum Gasteiger partial charge on any atom is 0.341 e. The smallest absolute Gasteiger partial charge is 0.341 e. The van der Waals surface area contributed by atoms with Crippen LogP contribution in [0.5, 0.6) is 23.0 Å².